The number of nitrogens with zero attached hydrogens (tertiary/aromatic N) is 1. The van der Waals surface area contributed by atoms with Gasteiger partial charge in [-0.2, -0.15) is 0 Å². The van der Waals surface area contributed by atoms with E-state index in [1.54, 1.807) is 6.92 Å². The third kappa shape index (κ3) is 4.75. The number of nitrogens with one attached hydrogen (secondary N) is 1. The van der Waals surface area contributed by atoms with Crippen LogP contribution >= 0.6 is 0 Å². The Hall–Kier alpha value is -2.64. The molecule has 0 fully saturated rings. The molecule has 0 aliphatic heterocycles. The summed E-state index contributed by atoms with van der Waals surface area (Å²) in [6.07, 6.45) is 0. The molecule has 0 aliphatic carbocycles. The Kier molecular flexibility index (Phi) is 5.65. The van der Waals surface area contributed by atoms with E-state index in [9.17, 15) is 18.8 Å². The van der Waals surface area contributed by atoms with E-state index >= 15 is 0 Å². The monoisotopic (exact) mass is 298 g/mol. The summed E-state index contributed by atoms with van der Waals surface area (Å²) in [5.41, 5.74) is -0.411. The fourth-order valence-corrected chi connectivity index (χ4v) is 1.43. The molecular formula is C13H15FN2O5. The van der Waals surface area contributed by atoms with Gasteiger partial charge in [-0.25, -0.2) is 14.0 Å². The predicted octanol–water partition coefficient (Wildman–Crippen LogP) is 1.55. The molecule has 0 aromatic heterocycles. The zero-order valence-corrected chi connectivity index (χ0v) is 11.6. The Morgan fingerprint density at radius 3 is 2.57 bits per heavy atom. The average molecular weight is 298 g/mol. The Morgan fingerprint density at radius 1 is 1.38 bits per heavy atom. The number of ether oxygens (including phenoxy) is 1. The quantitative estimate of drug-likeness (QED) is 0.804. The molecule has 1 aromatic carbocycles. The lowest BCUT2D eigenvalue weighted by atomic mass is 10.2. The maximum Gasteiger partial charge on any atom is 0.335 e. The van der Waals surface area contributed by atoms with Crippen molar-refractivity contribution in [3.05, 3.63) is 29.6 Å². The zero-order chi connectivity index (χ0) is 16.0. The van der Waals surface area contributed by atoms with Crippen molar-refractivity contribution >= 4 is 23.7 Å². The van der Waals surface area contributed by atoms with Gasteiger partial charge in [0.05, 0.1) is 17.9 Å². The van der Waals surface area contributed by atoms with Crippen LogP contribution in [0.25, 0.3) is 0 Å². The average Bonchev–Trinajstić information content (AvgIpc) is 2.40. The number of urea groups is 1. The third-order valence-corrected chi connectivity index (χ3v) is 2.48. The van der Waals surface area contributed by atoms with Crippen molar-refractivity contribution in [2.75, 3.05) is 25.5 Å². The van der Waals surface area contributed by atoms with Crippen molar-refractivity contribution in [3.63, 3.8) is 0 Å². The SMILES string of the molecule is CCOC(=O)CN(C)C(=O)Nc1ccc(C(=O)O)cc1F. The summed E-state index contributed by atoms with van der Waals surface area (Å²) in [5, 5.41) is 10.9. The van der Waals surface area contributed by atoms with Gasteiger partial charge in [0.15, 0.2) is 0 Å². The highest BCUT2D eigenvalue weighted by molar-refractivity contribution is 5.93. The highest BCUT2D eigenvalue weighted by atomic mass is 19.1. The van der Waals surface area contributed by atoms with Gasteiger partial charge in [-0.05, 0) is 25.1 Å². The number of aromatic carboxylic acids is 1. The number of hydrogen-bond acceptors (Lipinski definition) is 4. The molecule has 2 amide bonds. The molecule has 0 spiro atoms. The summed E-state index contributed by atoms with van der Waals surface area (Å²) in [4.78, 5) is 34.6. The number of amides is 2. The number of hydrogen-bond donors (Lipinski definition) is 2. The summed E-state index contributed by atoms with van der Waals surface area (Å²) in [6, 6.07) is 2.37. The smallest absolute Gasteiger partial charge is 0.335 e. The molecule has 0 atom stereocenters. The second-order valence-corrected chi connectivity index (χ2v) is 4.09. The Balaban J connectivity index is 2.70. The predicted molar refractivity (Wildman–Crippen MR) is 71.6 cm³/mol. The Bertz CT molecular complexity index is 561. The van der Waals surface area contributed by atoms with Gasteiger partial charge in [0, 0.05) is 7.05 Å². The van der Waals surface area contributed by atoms with E-state index in [4.69, 9.17) is 5.11 Å². The fraction of sp³-hybridized carbons (Fsp3) is 0.308. The van der Waals surface area contributed by atoms with E-state index in [-0.39, 0.29) is 24.4 Å². The number of likely N-dealkylation sites (N-methyl/N-ethyl adjacent to an activating group) is 1. The Labute approximate surface area is 120 Å². The molecular weight excluding hydrogens is 283 g/mol. The molecule has 7 nitrogen and oxygen atoms in total. The van der Waals surface area contributed by atoms with E-state index in [1.807, 2.05) is 0 Å². The minimum Gasteiger partial charge on any atom is -0.478 e. The molecule has 0 bridgehead atoms. The van der Waals surface area contributed by atoms with Crippen LogP contribution in [0.5, 0.6) is 0 Å². The summed E-state index contributed by atoms with van der Waals surface area (Å²) >= 11 is 0. The topological polar surface area (TPSA) is 95.9 Å². The minimum atomic E-state index is -1.27. The first-order valence-corrected chi connectivity index (χ1v) is 6.05. The van der Waals surface area contributed by atoms with Crippen LogP contribution in [0, 0.1) is 5.82 Å². The number of anilines is 1. The zero-order valence-electron chi connectivity index (χ0n) is 11.6. The lowest BCUT2D eigenvalue weighted by molar-refractivity contribution is -0.143. The molecule has 1 rings (SSSR count). The second-order valence-electron chi connectivity index (χ2n) is 4.09. The number of esters is 1. The van der Waals surface area contributed by atoms with Crippen molar-refractivity contribution in [2.45, 2.75) is 6.92 Å². The van der Waals surface area contributed by atoms with Crippen molar-refractivity contribution < 1.29 is 28.6 Å². The number of halogens is 1. The van der Waals surface area contributed by atoms with Crippen LogP contribution in [0.4, 0.5) is 14.9 Å². The van der Waals surface area contributed by atoms with Crippen LogP contribution in [-0.4, -0.2) is 48.2 Å². The number of carboxylic acid groups (broad SMARTS) is 1. The molecule has 0 saturated carbocycles. The van der Waals surface area contributed by atoms with Crippen molar-refractivity contribution in [1.82, 2.24) is 4.90 Å². The van der Waals surface area contributed by atoms with Crippen LogP contribution < -0.4 is 5.32 Å². The van der Waals surface area contributed by atoms with Gasteiger partial charge in [-0.1, -0.05) is 0 Å². The number of carboxylic acids is 1. The van der Waals surface area contributed by atoms with Crippen molar-refractivity contribution in [2.24, 2.45) is 0 Å². The molecule has 2 N–H and O–H groups in total. The van der Waals surface area contributed by atoms with Gasteiger partial charge in [-0.3, -0.25) is 4.79 Å². The molecule has 0 heterocycles. The van der Waals surface area contributed by atoms with Crippen LogP contribution in [0.1, 0.15) is 17.3 Å². The molecule has 21 heavy (non-hydrogen) atoms. The summed E-state index contributed by atoms with van der Waals surface area (Å²) in [6.45, 7) is 1.55. The van der Waals surface area contributed by atoms with Crippen molar-refractivity contribution in [1.29, 1.82) is 0 Å². The maximum atomic E-state index is 13.6. The largest absolute Gasteiger partial charge is 0.478 e. The maximum absolute atomic E-state index is 13.6. The number of rotatable bonds is 5. The molecule has 0 aliphatic rings. The molecule has 0 unspecified atom stereocenters. The first-order chi connectivity index (χ1) is 9.85. The molecule has 0 saturated heterocycles. The highest BCUT2D eigenvalue weighted by Crippen LogP contribution is 2.16. The van der Waals surface area contributed by atoms with Gasteiger partial charge in [-0.15, -0.1) is 0 Å². The van der Waals surface area contributed by atoms with E-state index in [0.29, 0.717) is 0 Å². The lowest BCUT2D eigenvalue weighted by Crippen LogP contribution is -2.36. The van der Waals surface area contributed by atoms with E-state index in [1.165, 1.54) is 7.05 Å². The lowest BCUT2D eigenvalue weighted by Gasteiger charge is -2.17. The molecule has 8 heteroatoms. The third-order valence-electron chi connectivity index (χ3n) is 2.48. The number of benzene rings is 1. The second kappa shape index (κ2) is 7.22. The van der Waals surface area contributed by atoms with Gasteiger partial charge >= 0.3 is 18.0 Å². The summed E-state index contributed by atoms with van der Waals surface area (Å²) in [5.74, 6) is -2.74. The normalized spacial score (nSPS) is 9.86. The standard InChI is InChI=1S/C13H15FN2O5/c1-3-21-11(17)7-16(2)13(20)15-10-5-4-8(12(18)19)6-9(10)14/h4-6H,3,7H2,1-2H3,(H,15,20)(H,18,19). The van der Waals surface area contributed by atoms with Gasteiger partial charge in [0.1, 0.15) is 12.4 Å². The van der Waals surface area contributed by atoms with E-state index in [2.05, 4.69) is 10.1 Å². The highest BCUT2D eigenvalue weighted by Gasteiger charge is 2.16. The molecule has 0 radical (unpaired) electrons. The van der Waals surface area contributed by atoms with Crippen LogP contribution in [0.15, 0.2) is 18.2 Å². The number of carbonyl (C=O) groups excluding carboxylic acids is 2. The molecule has 1 aromatic rings. The minimum absolute atomic E-state index is 0.180. The van der Waals surface area contributed by atoms with E-state index in [0.717, 1.165) is 23.1 Å². The number of carbonyl (C=O) groups is 3. The van der Waals surface area contributed by atoms with Crippen LogP contribution in [0.2, 0.25) is 0 Å². The fourth-order valence-electron chi connectivity index (χ4n) is 1.43. The first-order valence-electron chi connectivity index (χ1n) is 6.05. The van der Waals surface area contributed by atoms with Gasteiger partial charge in [0.25, 0.3) is 0 Å². The van der Waals surface area contributed by atoms with Gasteiger partial charge in [0.2, 0.25) is 0 Å². The van der Waals surface area contributed by atoms with E-state index < -0.39 is 23.8 Å². The van der Waals surface area contributed by atoms with Crippen LogP contribution in [0.3, 0.4) is 0 Å². The van der Waals surface area contributed by atoms with Crippen molar-refractivity contribution in [3.8, 4) is 0 Å². The Morgan fingerprint density at radius 2 is 2.05 bits per heavy atom. The summed E-state index contributed by atoms with van der Waals surface area (Å²) < 4.78 is 18.3. The van der Waals surface area contributed by atoms with Crippen LogP contribution in [-0.2, 0) is 9.53 Å². The summed E-state index contributed by atoms with van der Waals surface area (Å²) in [7, 11) is 1.34. The molecule has 114 valence electrons. The van der Waals surface area contributed by atoms with Gasteiger partial charge < -0.3 is 20.1 Å². The first kappa shape index (κ1) is 16.4.